The van der Waals surface area contributed by atoms with Gasteiger partial charge in [0.25, 0.3) is 5.91 Å². The SMILES string of the molecule is Cc1ccc(S(=O)(=O)N[C@@H](C)C(=O)OC(C(=O)N2CCOCC2)c2ccccc2)cc1. The Balaban J connectivity index is 1.74. The van der Waals surface area contributed by atoms with Crippen LogP contribution in [-0.4, -0.2) is 57.5 Å². The molecule has 0 radical (unpaired) electrons. The lowest BCUT2D eigenvalue weighted by Crippen LogP contribution is -2.45. The molecule has 3 rings (SSSR count). The van der Waals surface area contributed by atoms with Gasteiger partial charge in [-0.1, -0.05) is 48.0 Å². The Labute approximate surface area is 182 Å². The third-order valence-corrected chi connectivity index (χ3v) is 6.46. The molecule has 166 valence electrons. The molecule has 1 unspecified atom stereocenters. The summed E-state index contributed by atoms with van der Waals surface area (Å²) in [5.41, 5.74) is 1.43. The van der Waals surface area contributed by atoms with Crippen LogP contribution in [0.1, 0.15) is 24.2 Å². The molecule has 31 heavy (non-hydrogen) atoms. The molecular weight excluding hydrogens is 420 g/mol. The topological polar surface area (TPSA) is 102 Å². The summed E-state index contributed by atoms with van der Waals surface area (Å²) in [6.45, 7) is 4.85. The minimum Gasteiger partial charge on any atom is -0.446 e. The van der Waals surface area contributed by atoms with Gasteiger partial charge in [0, 0.05) is 18.7 Å². The Hall–Kier alpha value is -2.75. The number of nitrogens with one attached hydrogen (secondary N) is 1. The van der Waals surface area contributed by atoms with Crippen LogP contribution >= 0.6 is 0 Å². The summed E-state index contributed by atoms with van der Waals surface area (Å²) in [5, 5.41) is 0. The zero-order valence-electron chi connectivity index (χ0n) is 17.5. The number of carbonyl (C=O) groups excluding carboxylic acids is 2. The first-order valence-electron chi connectivity index (χ1n) is 9.99. The first-order valence-corrected chi connectivity index (χ1v) is 11.5. The Kier molecular flexibility index (Phi) is 7.42. The highest BCUT2D eigenvalue weighted by Crippen LogP contribution is 2.22. The van der Waals surface area contributed by atoms with Crippen LogP contribution in [0.4, 0.5) is 0 Å². The molecular formula is C22H26N2O6S. The maximum Gasteiger partial charge on any atom is 0.325 e. The van der Waals surface area contributed by atoms with E-state index in [0.717, 1.165) is 5.56 Å². The molecule has 1 heterocycles. The molecule has 2 aromatic rings. The normalized spacial score (nSPS) is 16.4. The van der Waals surface area contributed by atoms with Gasteiger partial charge in [-0.3, -0.25) is 9.59 Å². The predicted octanol–water partition coefficient (Wildman–Crippen LogP) is 1.81. The second kappa shape index (κ2) is 10.0. The number of carbonyl (C=O) groups is 2. The van der Waals surface area contributed by atoms with E-state index in [1.165, 1.54) is 19.1 Å². The number of aryl methyl sites for hydroxylation is 1. The lowest BCUT2D eigenvalue weighted by atomic mass is 10.1. The maximum absolute atomic E-state index is 13.0. The monoisotopic (exact) mass is 446 g/mol. The Morgan fingerprint density at radius 2 is 1.65 bits per heavy atom. The summed E-state index contributed by atoms with van der Waals surface area (Å²) in [7, 11) is -3.93. The van der Waals surface area contributed by atoms with Crippen molar-refractivity contribution in [1.82, 2.24) is 9.62 Å². The highest BCUT2D eigenvalue weighted by atomic mass is 32.2. The summed E-state index contributed by atoms with van der Waals surface area (Å²) >= 11 is 0. The van der Waals surface area contributed by atoms with E-state index in [-0.39, 0.29) is 10.8 Å². The van der Waals surface area contributed by atoms with Crippen molar-refractivity contribution in [2.45, 2.75) is 30.9 Å². The van der Waals surface area contributed by atoms with E-state index in [4.69, 9.17) is 9.47 Å². The fourth-order valence-electron chi connectivity index (χ4n) is 3.12. The van der Waals surface area contributed by atoms with Crippen LogP contribution in [0, 0.1) is 6.92 Å². The second-order valence-electron chi connectivity index (χ2n) is 7.32. The van der Waals surface area contributed by atoms with Gasteiger partial charge in [-0.2, -0.15) is 4.72 Å². The molecule has 0 saturated carbocycles. The van der Waals surface area contributed by atoms with Crippen LogP contribution in [0.15, 0.2) is 59.5 Å². The molecule has 2 atom stereocenters. The van der Waals surface area contributed by atoms with Gasteiger partial charge >= 0.3 is 5.97 Å². The number of sulfonamides is 1. The zero-order valence-corrected chi connectivity index (χ0v) is 18.3. The third-order valence-electron chi connectivity index (χ3n) is 4.90. The summed E-state index contributed by atoms with van der Waals surface area (Å²) in [4.78, 5) is 27.4. The van der Waals surface area contributed by atoms with Crippen LogP contribution in [0.5, 0.6) is 0 Å². The summed E-state index contributed by atoms with van der Waals surface area (Å²) in [6.07, 6.45) is -1.17. The number of rotatable bonds is 7. The molecule has 1 aliphatic rings. The molecule has 9 heteroatoms. The number of hydrogen-bond donors (Lipinski definition) is 1. The smallest absolute Gasteiger partial charge is 0.325 e. The number of hydrogen-bond acceptors (Lipinski definition) is 6. The minimum absolute atomic E-state index is 0.0433. The lowest BCUT2D eigenvalue weighted by molar-refractivity contribution is -0.163. The Bertz CT molecular complexity index is 1000. The molecule has 8 nitrogen and oxygen atoms in total. The van der Waals surface area contributed by atoms with Gasteiger partial charge in [-0.25, -0.2) is 8.42 Å². The quantitative estimate of drug-likeness (QED) is 0.651. The zero-order chi connectivity index (χ0) is 22.4. The molecule has 1 aliphatic heterocycles. The van der Waals surface area contributed by atoms with Crippen molar-refractivity contribution in [3.8, 4) is 0 Å². The summed E-state index contributed by atoms with van der Waals surface area (Å²) in [6, 6.07) is 13.7. The Morgan fingerprint density at radius 1 is 1.03 bits per heavy atom. The second-order valence-corrected chi connectivity index (χ2v) is 9.04. The number of esters is 1. The van der Waals surface area contributed by atoms with Crippen molar-refractivity contribution in [2.24, 2.45) is 0 Å². The van der Waals surface area contributed by atoms with E-state index >= 15 is 0 Å². The number of ether oxygens (including phenoxy) is 2. The van der Waals surface area contributed by atoms with Crippen molar-refractivity contribution in [2.75, 3.05) is 26.3 Å². The van der Waals surface area contributed by atoms with Gasteiger partial charge in [0.1, 0.15) is 6.04 Å². The molecule has 1 N–H and O–H groups in total. The van der Waals surface area contributed by atoms with Crippen LogP contribution in [0.25, 0.3) is 0 Å². The van der Waals surface area contributed by atoms with Crippen molar-refractivity contribution >= 4 is 21.9 Å². The van der Waals surface area contributed by atoms with Crippen molar-refractivity contribution in [3.63, 3.8) is 0 Å². The van der Waals surface area contributed by atoms with Gasteiger partial charge in [-0.15, -0.1) is 0 Å². The first-order chi connectivity index (χ1) is 14.8. The minimum atomic E-state index is -3.93. The lowest BCUT2D eigenvalue weighted by Gasteiger charge is -2.30. The molecule has 0 spiro atoms. The molecule has 2 aromatic carbocycles. The third kappa shape index (κ3) is 5.90. The van der Waals surface area contributed by atoms with Gasteiger partial charge < -0.3 is 14.4 Å². The van der Waals surface area contributed by atoms with Gasteiger partial charge in [0.15, 0.2) is 0 Å². The van der Waals surface area contributed by atoms with Crippen LogP contribution in [-0.2, 0) is 29.1 Å². The van der Waals surface area contributed by atoms with Crippen LogP contribution in [0.3, 0.4) is 0 Å². The van der Waals surface area contributed by atoms with E-state index in [1.54, 1.807) is 47.4 Å². The van der Waals surface area contributed by atoms with E-state index in [2.05, 4.69) is 4.72 Å². The van der Waals surface area contributed by atoms with Crippen LogP contribution < -0.4 is 4.72 Å². The van der Waals surface area contributed by atoms with Gasteiger partial charge in [0.2, 0.25) is 16.1 Å². The first kappa shape index (κ1) is 22.9. The number of morpholine rings is 1. The average molecular weight is 447 g/mol. The maximum atomic E-state index is 13.0. The van der Waals surface area contributed by atoms with Gasteiger partial charge in [0.05, 0.1) is 18.1 Å². The molecule has 1 amide bonds. The Morgan fingerprint density at radius 3 is 2.26 bits per heavy atom. The van der Waals surface area contributed by atoms with Gasteiger partial charge in [-0.05, 0) is 26.0 Å². The fraction of sp³-hybridized carbons (Fsp3) is 0.364. The molecule has 0 bridgehead atoms. The van der Waals surface area contributed by atoms with Crippen LogP contribution in [0.2, 0.25) is 0 Å². The molecule has 1 fully saturated rings. The summed E-state index contributed by atoms with van der Waals surface area (Å²) in [5.74, 6) is -1.21. The fourth-order valence-corrected chi connectivity index (χ4v) is 4.32. The number of amides is 1. The predicted molar refractivity (Wildman–Crippen MR) is 114 cm³/mol. The molecule has 1 saturated heterocycles. The van der Waals surface area contributed by atoms with Crippen molar-refractivity contribution in [1.29, 1.82) is 0 Å². The van der Waals surface area contributed by atoms with E-state index in [9.17, 15) is 18.0 Å². The average Bonchev–Trinajstić information content (AvgIpc) is 2.78. The molecule has 0 aromatic heterocycles. The highest BCUT2D eigenvalue weighted by Gasteiger charge is 2.33. The largest absolute Gasteiger partial charge is 0.446 e. The van der Waals surface area contributed by atoms with E-state index < -0.39 is 28.1 Å². The standard InChI is InChI=1S/C22H26N2O6S/c1-16-8-10-19(11-9-16)31(27,28)23-17(2)22(26)30-20(18-6-4-3-5-7-18)21(25)24-12-14-29-15-13-24/h3-11,17,20,23H,12-15H2,1-2H3/t17-,20?/m0/s1. The van der Waals surface area contributed by atoms with E-state index in [1.807, 2.05) is 6.92 Å². The number of benzene rings is 2. The van der Waals surface area contributed by atoms with Crippen molar-refractivity contribution < 1.29 is 27.5 Å². The highest BCUT2D eigenvalue weighted by molar-refractivity contribution is 7.89. The molecule has 0 aliphatic carbocycles. The van der Waals surface area contributed by atoms with E-state index in [0.29, 0.717) is 31.9 Å². The number of nitrogens with zero attached hydrogens (tertiary/aromatic N) is 1. The van der Waals surface area contributed by atoms with Crippen molar-refractivity contribution in [3.05, 3.63) is 65.7 Å². The summed E-state index contributed by atoms with van der Waals surface area (Å²) < 4.78 is 38.3.